The van der Waals surface area contributed by atoms with Crippen molar-refractivity contribution < 1.29 is 9.53 Å². The first-order chi connectivity index (χ1) is 10.8. The van der Waals surface area contributed by atoms with E-state index in [2.05, 4.69) is 20.2 Å². The first-order valence-electron chi connectivity index (χ1n) is 8.06. The molecule has 1 atom stereocenters. The van der Waals surface area contributed by atoms with Crippen LogP contribution < -0.4 is 10.2 Å². The van der Waals surface area contributed by atoms with Gasteiger partial charge in [0.15, 0.2) is 0 Å². The van der Waals surface area contributed by atoms with Crippen LogP contribution in [0.1, 0.15) is 47.5 Å². The number of anilines is 1. The molecule has 7 heteroatoms. The summed E-state index contributed by atoms with van der Waals surface area (Å²) in [5.41, 5.74) is -0.487. The largest absolute Gasteiger partial charge is 0.444 e. The van der Waals surface area contributed by atoms with E-state index in [4.69, 9.17) is 16.3 Å². The van der Waals surface area contributed by atoms with E-state index < -0.39 is 5.60 Å². The maximum atomic E-state index is 11.8. The summed E-state index contributed by atoms with van der Waals surface area (Å²) in [6.07, 6.45) is 3.15. The molecule has 0 bridgehead atoms. The van der Waals surface area contributed by atoms with Crippen LogP contribution in [0.2, 0.25) is 5.28 Å². The van der Waals surface area contributed by atoms with Crippen LogP contribution in [-0.4, -0.2) is 40.8 Å². The molecular formula is C16H27ClN4O2. The summed E-state index contributed by atoms with van der Waals surface area (Å²) in [7, 11) is 0. The highest BCUT2D eigenvalue weighted by molar-refractivity contribution is 6.28. The molecule has 1 saturated heterocycles. The summed E-state index contributed by atoms with van der Waals surface area (Å²) in [5.74, 6) is 0.783. The summed E-state index contributed by atoms with van der Waals surface area (Å²) in [6.45, 7) is 11.1. The van der Waals surface area contributed by atoms with Gasteiger partial charge in [0.2, 0.25) is 5.28 Å². The number of piperidine rings is 1. The molecule has 0 radical (unpaired) electrons. The lowest BCUT2D eigenvalue weighted by Crippen LogP contribution is -2.49. The first-order valence-corrected chi connectivity index (χ1v) is 8.44. The van der Waals surface area contributed by atoms with Crippen molar-refractivity contribution in [2.24, 2.45) is 0 Å². The van der Waals surface area contributed by atoms with Crippen LogP contribution in [0.15, 0.2) is 12.3 Å². The average Bonchev–Trinajstić information content (AvgIpc) is 2.47. The van der Waals surface area contributed by atoms with Gasteiger partial charge in [-0.2, -0.15) is 0 Å². The zero-order valence-electron chi connectivity index (χ0n) is 14.6. The van der Waals surface area contributed by atoms with Gasteiger partial charge in [-0.15, -0.1) is 0 Å². The summed E-state index contributed by atoms with van der Waals surface area (Å²) in [5, 5.41) is 3.14. The van der Waals surface area contributed by atoms with Gasteiger partial charge in [0.05, 0.1) is 0 Å². The van der Waals surface area contributed by atoms with Crippen molar-refractivity contribution in [3.8, 4) is 0 Å². The van der Waals surface area contributed by atoms with Crippen molar-refractivity contribution in [3.63, 3.8) is 0 Å². The summed E-state index contributed by atoms with van der Waals surface area (Å²) in [6, 6.07) is 1.87. The minimum absolute atomic E-state index is 0.0438. The van der Waals surface area contributed by atoms with E-state index in [1.54, 1.807) is 6.20 Å². The number of rotatable bonds is 2. The van der Waals surface area contributed by atoms with Gasteiger partial charge in [0, 0.05) is 25.3 Å². The van der Waals surface area contributed by atoms with E-state index in [-0.39, 0.29) is 17.4 Å². The number of halogens is 1. The fourth-order valence-corrected chi connectivity index (χ4v) is 2.42. The van der Waals surface area contributed by atoms with E-state index >= 15 is 0 Å². The SMILES string of the molecule is CC.CC(C)(C)OC(=O)NC1CCCN(c2ccnc(Cl)n2)C1. The molecule has 1 aliphatic heterocycles. The third kappa shape index (κ3) is 7.03. The number of alkyl carbamates (subject to hydrolysis) is 1. The Bertz CT molecular complexity index is 505. The Morgan fingerprint density at radius 1 is 1.43 bits per heavy atom. The van der Waals surface area contributed by atoms with Gasteiger partial charge in [0.1, 0.15) is 11.4 Å². The van der Waals surface area contributed by atoms with Crippen molar-refractivity contribution >= 4 is 23.5 Å². The van der Waals surface area contributed by atoms with Crippen LogP contribution >= 0.6 is 11.6 Å². The van der Waals surface area contributed by atoms with Gasteiger partial charge in [-0.05, 0) is 51.3 Å². The highest BCUT2D eigenvalue weighted by atomic mass is 35.5. The highest BCUT2D eigenvalue weighted by Gasteiger charge is 2.24. The Hall–Kier alpha value is -1.56. The molecule has 130 valence electrons. The Kier molecular flexibility index (Phi) is 7.55. The molecule has 1 fully saturated rings. The van der Waals surface area contributed by atoms with Crippen LogP contribution in [0, 0.1) is 0 Å². The number of hydrogen-bond acceptors (Lipinski definition) is 5. The molecule has 1 unspecified atom stereocenters. The van der Waals surface area contributed by atoms with E-state index in [9.17, 15) is 4.79 Å². The normalized spacial score (nSPS) is 17.8. The van der Waals surface area contributed by atoms with Gasteiger partial charge in [0.25, 0.3) is 0 Å². The predicted octanol–water partition coefficient (Wildman–Crippen LogP) is 3.65. The van der Waals surface area contributed by atoms with Crippen LogP contribution in [0.4, 0.5) is 10.6 Å². The van der Waals surface area contributed by atoms with E-state index in [1.165, 1.54) is 0 Å². The highest BCUT2D eigenvalue weighted by Crippen LogP contribution is 2.19. The fourth-order valence-electron chi connectivity index (χ4n) is 2.28. The molecule has 2 heterocycles. The summed E-state index contributed by atoms with van der Waals surface area (Å²) in [4.78, 5) is 22.0. The molecule has 1 aromatic heterocycles. The Morgan fingerprint density at radius 3 is 2.74 bits per heavy atom. The Morgan fingerprint density at radius 2 is 2.13 bits per heavy atom. The standard InChI is InChI=1S/C14H21ClN4O2.C2H6/c1-14(2,3)21-13(20)17-10-5-4-8-19(9-10)11-6-7-16-12(15)18-11;1-2/h6-7,10H,4-5,8-9H2,1-3H3,(H,17,20);1-2H3. The summed E-state index contributed by atoms with van der Waals surface area (Å²) >= 11 is 5.82. The molecule has 0 spiro atoms. The number of nitrogens with zero attached hydrogens (tertiary/aromatic N) is 3. The molecule has 1 aliphatic rings. The van der Waals surface area contributed by atoms with Crippen molar-refractivity contribution in [2.75, 3.05) is 18.0 Å². The van der Waals surface area contributed by atoms with Crippen molar-refractivity contribution in [1.82, 2.24) is 15.3 Å². The second kappa shape index (κ2) is 8.91. The van der Waals surface area contributed by atoms with Gasteiger partial charge < -0.3 is 15.0 Å². The number of carbonyl (C=O) groups is 1. The van der Waals surface area contributed by atoms with Gasteiger partial charge in [-0.25, -0.2) is 14.8 Å². The molecule has 1 N–H and O–H groups in total. The molecule has 0 aromatic carbocycles. The fraction of sp³-hybridized carbons (Fsp3) is 0.688. The topological polar surface area (TPSA) is 67.3 Å². The lowest BCUT2D eigenvalue weighted by Gasteiger charge is -2.34. The maximum absolute atomic E-state index is 11.8. The molecule has 0 saturated carbocycles. The molecule has 1 aromatic rings. The second-order valence-corrected chi connectivity index (χ2v) is 6.45. The Labute approximate surface area is 143 Å². The third-order valence-corrected chi connectivity index (χ3v) is 3.26. The third-order valence-electron chi connectivity index (χ3n) is 3.08. The van der Waals surface area contributed by atoms with E-state index in [0.29, 0.717) is 6.54 Å². The van der Waals surface area contributed by atoms with E-state index in [0.717, 1.165) is 25.2 Å². The molecular weight excluding hydrogens is 316 g/mol. The van der Waals surface area contributed by atoms with Gasteiger partial charge in [-0.1, -0.05) is 13.8 Å². The van der Waals surface area contributed by atoms with Gasteiger partial charge in [-0.3, -0.25) is 0 Å². The van der Waals surface area contributed by atoms with Crippen molar-refractivity contribution in [3.05, 3.63) is 17.5 Å². The number of carbonyl (C=O) groups excluding carboxylic acids is 1. The number of ether oxygens (including phenoxy) is 1. The molecule has 6 nitrogen and oxygen atoms in total. The van der Waals surface area contributed by atoms with Crippen molar-refractivity contribution in [1.29, 1.82) is 0 Å². The average molecular weight is 343 g/mol. The van der Waals surface area contributed by atoms with Crippen LogP contribution in [-0.2, 0) is 4.74 Å². The minimum Gasteiger partial charge on any atom is -0.444 e. The van der Waals surface area contributed by atoms with E-state index in [1.807, 2.05) is 40.7 Å². The van der Waals surface area contributed by atoms with Crippen LogP contribution in [0.25, 0.3) is 0 Å². The van der Waals surface area contributed by atoms with Crippen LogP contribution in [0.5, 0.6) is 0 Å². The monoisotopic (exact) mass is 342 g/mol. The first kappa shape index (κ1) is 19.5. The number of aromatic nitrogens is 2. The quantitative estimate of drug-likeness (QED) is 0.831. The molecule has 0 aliphatic carbocycles. The van der Waals surface area contributed by atoms with Crippen molar-refractivity contribution in [2.45, 2.75) is 59.1 Å². The molecule has 23 heavy (non-hydrogen) atoms. The lowest BCUT2D eigenvalue weighted by atomic mass is 10.1. The number of amides is 1. The lowest BCUT2D eigenvalue weighted by molar-refractivity contribution is 0.0500. The minimum atomic E-state index is -0.487. The molecule has 1 amide bonds. The second-order valence-electron chi connectivity index (χ2n) is 6.12. The molecule has 2 rings (SSSR count). The summed E-state index contributed by atoms with van der Waals surface area (Å²) < 4.78 is 5.29. The zero-order valence-corrected chi connectivity index (χ0v) is 15.4. The van der Waals surface area contributed by atoms with Gasteiger partial charge >= 0.3 is 6.09 Å². The maximum Gasteiger partial charge on any atom is 0.407 e. The predicted molar refractivity (Wildman–Crippen MR) is 93.0 cm³/mol. The van der Waals surface area contributed by atoms with Crippen LogP contribution in [0.3, 0.4) is 0 Å². The Balaban J connectivity index is 0.00000127. The number of nitrogens with one attached hydrogen (secondary N) is 1. The smallest absolute Gasteiger partial charge is 0.407 e. The number of hydrogen-bond donors (Lipinski definition) is 1. The zero-order chi connectivity index (χ0) is 17.5.